The van der Waals surface area contributed by atoms with Crippen LogP contribution < -0.4 is 0 Å². The normalized spacial score (nSPS) is 16.0. The first-order valence-electron chi connectivity index (χ1n) is 5.84. The second kappa shape index (κ2) is 12.2. The van der Waals surface area contributed by atoms with Gasteiger partial charge in [-0.25, -0.2) is 0 Å². The van der Waals surface area contributed by atoms with Crippen LogP contribution >= 0.6 is 37.9 Å². The first kappa shape index (κ1) is 28.6. The van der Waals surface area contributed by atoms with Crippen molar-refractivity contribution in [1.82, 2.24) is 0 Å². The summed E-state index contributed by atoms with van der Waals surface area (Å²) in [5.74, 6) is 0. The topological polar surface area (TPSA) is 163 Å². The summed E-state index contributed by atoms with van der Waals surface area (Å²) in [6, 6.07) is 0. The molecule has 0 saturated carbocycles. The molecule has 15 heteroatoms. The summed E-state index contributed by atoms with van der Waals surface area (Å²) >= 11 is 10.6. The van der Waals surface area contributed by atoms with Crippen LogP contribution in [0.5, 0.6) is 0 Å². The quantitative estimate of drug-likeness (QED) is 0.265. The Labute approximate surface area is 154 Å². The van der Waals surface area contributed by atoms with E-state index in [0.717, 1.165) is 0 Å². The van der Waals surface area contributed by atoms with Crippen LogP contribution in [-0.4, -0.2) is 52.7 Å². The van der Waals surface area contributed by atoms with Gasteiger partial charge < -0.3 is 0 Å². The monoisotopic (exact) mass is 454 g/mol. The molecule has 0 spiro atoms. The zero-order chi connectivity index (χ0) is 19.6. The van der Waals surface area contributed by atoms with Crippen LogP contribution in [0.4, 0.5) is 0 Å². The van der Waals surface area contributed by atoms with Gasteiger partial charge in [0, 0.05) is 0 Å². The molecule has 0 saturated heterocycles. The molecule has 0 aromatic carbocycles. The smallest absolute Gasteiger partial charge is 0.276 e. The molecule has 0 aromatic heterocycles. The molecule has 9 nitrogen and oxygen atoms in total. The molecule has 3 unspecified atom stereocenters. The zero-order valence-corrected chi connectivity index (χ0v) is 17.6. The number of hydrogen-bond acceptors (Lipinski definition) is 9. The van der Waals surface area contributed by atoms with E-state index in [1.165, 1.54) is 6.92 Å². The first-order chi connectivity index (χ1) is 9.91. The second-order valence-corrected chi connectivity index (χ2v) is 11.9. The highest BCUT2D eigenvalue weighted by Gasteiger charge is 2.15. The van der Waals surface area contributed by atoms with E-state index >= 15 is 0 Å². The molecule has 0 fully saturated rings. The van der Waals surface area contributed by atoms with Crippen LogP contribution in [-0.2, 0) is 30.4 Å². The van der Waals surface area contributed by atoms with Crippen molar-refractivity contribution in [2.24, 2.45) is 0 Å². The third-order valence-electron chi connectivity index (χ3n) is 1.82. The molecular weight excluding hydrogens is 432 g/mol. The standard InChI is InChI=1S/2C3H8O3S2.C2H6O3S2/c2*1-2-3(7)8(4,5)6;1-2(6)7(3,4)5/h2*3,7H,2H2,1H3,(H,4,5,6);2,6H,1H3,(H,3,4,5). The van der Waals surface area contributed by atoms with Crippen molar-refractivity contribution in [2.45, 2.75) is 47.4 Å². The van der Waals surface area contributed by atoms with E-state index < -0.39 is 44.1 Å². The Morgan fingerprint density at radius 3 is 0.870 bits per heavy atom. The lowest BCUT2D eigenvalue weighted by atomic mass is 10.6. The van der Waals surface area contributed by atoms with Gasteiger partial charge in [0.25, 0.3) is 30.4 Å². The van der Waals surface area contributed by atoms with Crippen molar-refractivity contribution in [2.75, 3.05) is 0 Å². The van der Waals surface area contributed by atoms with E-state index in [9.17, 15) is 25.3 Å². The van der Waals surface area contributed by atoms with Gasteiger partial charge in [-0.15, -0.1) is 0 Å². The number of thiol groups is 3. The minimum Gasteiger partial charge on any atom is -0.285 e. The molecule has 0 bridgehead atoms. The predicted molar refractivity (Wildman–Crippen MR) is 99.2 cm³/mol. The molecule has 0 rings (SSSR count). The summed E-state index contributed by atoms with van der Waals surface area (Å²) < 4.78 is 81.3. The highest BCUT2D eigenvalue weighted by atomic mass is 32.3. The highest BCUT2D eigenvalue weighted by molar-refractivity contribution is 8.02. The van der Waals surface area contributed by atoms with Crippen LogP contribution in [0.15, 0.2) is 0 Å². The van der Waals surface area contributed by atoms with Gasteiger partial charge in [-0.3, -0.25) is 13.7 Å². The Kier molecular flexibility index (Phi) is 15.1. The third kappa shape index (κ3) is 19.0. The molecule has 0 radical (unpaired) electrons. The van der Waals surface area contributed by atoms with Crippen LogP contribution in [0.1, 0.15) is 33.6 Å². The van der Waals surface area contributed by atoms with Crippen molar-refractivity contribution < 1.29 is 38.9 Å². The molecule has 0 heterocycles. The van der Waals surface area contributed by atoms with Crippen LogP contribution in [0.2, 0.25) is 0 Å². The van der Waals surface area contributed by atoms with Gasteiger partial charge in [0.2, 0.25) is 0 Å². The summed E-state index contributed by atoms with van der Waals surface area (Å²) in [5, 5.41) is 0. The van der Waals surface area contributed by atoms with E-state index in [0.29, 0.717) is 12.8 Å². The van der Waals surface area contributed by atoms with Gasteiger partial charge in [-0.05, 0) is 19.8 Å². The minimum absolute atomic E-state index is 0.321. The lowest BCUT2D eigenvalue weighted by Crippen LogP contribution is -2.11. The molecule has 0 aliphatic carbocycles. The van der Waals surface area contributed by atoms with Crippen molar-refractivity contribution >= 4 is 68.2 Å². The summed E-state index contributed by atoms with van der Waals surface area (Å²) in [6.45, 7) is 4.54. The fourth-order valence-corrected chi connectivity index (χ4v) is 1.26. The van der Waals surface area contributed by atoms with Crippen LogP contribution in [0.25, 0.3) is 0 Å². The van der Waals surface area contributed by atoms with E-state index in [2.05, 4.69) is 37.9 Å². The van der Waals surface area contributed by atoms with Crippen LogP contribution in [0.3, 0.4) is 0 Å². The van der Waals surface area contributed by atoms with Crippen molar-refractivity contribution in [3.05, 3.63) is 0 Å². The molecular formula is C8H22O9S6. The highest BCUT2D eigenvalue weighted by Crippen LogP contribution is 2.06. The summed E-state index contributed by atoms with van der Waals surface area (Å²) in [7, 11) is -11.7. The number of rotatable bonds is 5. The SMILES string of the molecule is CC(S)S(=O)(=O)O.CCC(S)S(=O)(=O)O.CCC(S)S(=O)(=O)O. The summed E-state index contributed by atoms with van der Waals surface area (Å²) in [5.41, 5.74) is 0. The lowest BCUT2D eigenvalue weighted by Gasteiger charge is -1.99. The van der Waals surface area contributed by atoms with Crippen molar-refractivity contribution in [3.63, 3.8) is 0 Å². The average Bonchev–Trinajstić information content (AvgIpc) is 2.34. The van der Waals surface area contributed by atoms with Crippen molar-refractivity contribution in [3.8, 4) is 0 Å². The fraction of sp³-hybridized carbons (Fsp3) is 1.00. The van der Waals surface area contributed by atoms with Gasteiger partial charge in [0.1, 0.15) is 13.7 Å². The van der Waals surface area contributed by atoms with E-state index in [1.54, 1.807) is 13.8 Å². The van der Waals surface area contributed by atoms with Gasteiger partial charge in [0.15, 0.2) is 0 Å². The molecule has 0 aliphatic heterocycles. The van der Waals surface area contributed by atoms with Gasteiger partial charge >= 0.3 is 0 Å². The predicted octanol–water partition coefficient (Wildman–Crippen LogP) is 1.23. The second-order valence-electron chi connectivity index (χ2n) is 3.87. The average molecular weight is 455 g/mol. The van der Waals surface area contributed by atoms with Gasteiger partial charge in [-0.1, -0.05) is 13.8 Å². The van der Waals surface area contributed by atoms with Gasteiger partial charge in [0.05, 0.1) is 0 Å². The largest absolute Gasteiger partial charge is 0.285 e. The molecule has 144 valence electrons. The van der Waals surface area contributed by atoms with Gasteiger partial charge in [-0.2, -0.15) is 63.1 Å². The molecule has 23 heavy (non-hydrogen) atoms. The fourth-order valence-electron chi connectivity index (χ4n) is 0.421. The summed E-state index contributed by atoms with van der Waals surface area (Å²) in [6.07, 6.45) is 0.643. The minimum atomic E-state index is -3.89. The van der Waals surface area contributed by atoms with Crippen molar-refractivity contribution in [1.29, 1.82) is 0 Å². The lowest BCUT2D eigenvalue weighted by molar-refractivity contribution is 0.476. The number of hydrogen-bond donors (Lipinski definition) is 6. The summed E-state index contributed by atoms with van der Waals surface area (Å²) in [4.78, 5) is 0. The molecule has 3 atom stereocenters. The maximum Gasteiger partial charge on any atom is 0.276 e. The third-order valence-corrected chi connectivity index (χ3v) is 7.85. The molecule has 0 amide bonds. The Morgan fingerprint density at radius 2 is 0.870 bits per heavy atom. The van der Waals surface area contributed by atoms with E-state index in [1.807, 2.05) is 0 Å². The van der Waals surface area contributed by atoms with Crippen LogP contribution in [0, 0.1) is 0 Å². The van der Waals surface area contributed by atoms with E-state index in [-0.39, 0.29) is 0 Å². The maximum atomic E-state index is 10.0. The Bertz CT molecular complexity index is 568. The molecule has 3 N–H and O–H groups in total. The Morgan fingerprint density at radius 1 is 0.696 bits per heavy atom. The molecule has 0 aromatic rings. The first-order valence-corrected chi connectivity index (χ1v) is 11.9. The maximum absolute atomic E-state index is 10.0. The molecule has 0 aliphatic rings. The zero-order valence-electron chi connectivity index (χ0n) is 12.5. The Hall–Kier alpha value is 0.780. The Balaban J connectivity index is -0.000000262. The van der Waals surface area contributed by atoms with E-state index in [4.69, 9.17) is 13.7 Å².